The van der Waals surface area contributed by atoms with Crippen molar-refractivity contribution in [2.45, 2.75) is 52.4 Å². The number of amides is 1. The summed E-state index contributed by atoms with van der Waals surface area (Å²) >= 11 is 0. The second-order valence-electron chi connectivity index (χ2n) is 7.53. The van der Waals surface area contributed by atoms with E-state index in [1.54, 1.807) is 17.1 Å². The number of halogens is 3. The Morgan fingerprint density at radius 2 is 2.03 bits per heavy atom. The highest BCUT2D eigenvalue weighted by Crippen LogP contribution is 2.31. The van der Waals surface area contributed by atoms with Crippen molar-refractivity contribution in [2.75, 3.05) is 0 Å². The normalized spacial score (nSPS) is 13.7. The smallest absolute Gasteiger partial charge is 0.408 e. The number of hydrogen-bond acceptors (Lipinski definition) is 4. The van der Waals surface area contributed by atoms with Gasteiger partial charge in [-0.15, -0.1) is 0 Å². The van der Waals surface area contributed by atoms with Crippen LogP contribution in [0.1, 0.15) is 56.1 Å². The molecule has 3 N–H and O–H groups in total. The Balaban J connectivity index is 2.01. The maximum atomic E-state index is 12.8. The minimum Gasteiger partial charge on any atom is -0.494 e. The highest BCUT2D eigenvalue weighted by Gasteiger charge is 2.37. The van der Waals surface area contributed by atoms with Gasteiger partial charge in [0.1, 0.15) is 11.7 Å². The van der Waals surface area contributed by atoms with Crippen LogP contribution >= 0.6 is 0 Å². The van der Waals surface area contributed by atoms with Gasteiger partial charge in [0, 0.05) is 22.5 Å². The SMILES string of the molecule is CCC(=Nc1cnn(C(C)C)c1)c1c(O)[nH]c2ccc(C(=O)N[C@@H](C)C(F)(F)F)cc12. The number of carbonyl (C=O) groups excluding carboxylic acids is 1. The number of rotatable bonds is 6. The Kier molecular flexibility index (Phi) is 6.10. The van der Waals surface area contributed by atoms with Gasteiger partial charge >= 0.3 is 6.18 Å². The molecule has 0 aliphatic carbocycles. The molecule has 0 bridgehead atoms. The van der Waals surface area contributed by atoms with Crippen molar-refractivity contribution in [3.8, 4) is 5.88 Å². The molecule has 1 atom stereocenters. The predicted octanol–water partition coefficient (Wildman–Crippen LogP) is 4.86. The number of benzene rings is 1. The summed E-state index contributed by atoms with van der Waals surface area (Å²) in [5.41, 5.74) is 2.13. The number of fused-ring (bicyclic) bond motifs is 1. The van der Waals surface area contributed by atoms with Gasteiger partial charge in [0.05, 0.1) is 23.7 Å². The molecule has 3 rings (SSSR count). The Morgan fingerprint density at radius 3 is 2.61 bits per heavy atom. The van der Waals surface area contributed by atoms with E-state index in [0.29, 0.717) is 34.3 Å². The molecule has 0 spiro atoms. The third-order valence-corrected chi connectivity index (χ3v) is 4.88. The minimum atomic E-state index is -4.54. The quantitative estimate of drug-likeness (QED) is 0.483. The van der Waals surface area contributed by atoms with E-state index < -0.39 is 18.1 Å². The fraction of sp³-hybridized carbons (Fsp3) is 0.381. The molecule has 2 heterocycles. The molecule has 0 saturated heterocycles. The molecule has 0 unspecified atom stereocenters. The second-order valence-corrected chi connectivity index (χ2v) is 7.53. The molecule has 0 radical (unpaired) electrons. The summed E-state index contributed by atoms with van der Waals surface area (Å²) in [7, 11) is 0. The van der Waals surface area contributed by atoms with Crippen LogP contribution in [0.25, 0.3) is 10.9 Å². The summed E-state index contributed by atoms with van der Waals surface area (Å²) in [5.74, 6) is -0.986. The number of aliphatic imine (C=N–C) groups is 1. The Labute approximate surface area is 177 Å². The molecule has 3 aromatic rings. The highest BCUT2D eigenvalue weighted by molar-refractivity contribution is 6.14. The average Bonchev–Trinajstić information content (AvgIpc) is 3.28. The van der Waals surface area contributed by atoms with Crippen LogP contribution in [0, 0.1) is 0 Å². The van der Waals surface area contributed by atoms with E-state index in [4.69, 9.17) is 0 Å². The number of nitrogens with one attached hydrogen (secondary N) is 2. The van der Waals surface area contributed by atoms with Crippen molar-refractivity contribution in [1.82, 2.24) is 20.1 Å². The summed E-state index contributed by atoms with van der Waals surface area (Å²) in [6.07, 6.45) is -0.683. The molecule has 31 heavy (non-hydrogen) atoms. The first-order valence-corrected chi connectivity index (χ1v) is 9.85. The van der Waals surface area contributed by atoms with Gasteiger partial charge in [-0.25, -0.2) is 4.99 Å². The lowest BCUT2D eigenvalue weighted by molar-refractivity contribution is -0.149. The summed E-state index contributed by atoms with van der Waals surface area (Å²) in [6.45, 7) is 6.71. The molecule has 0 saturated carbocycles. The largest absolute Gasteiger partial charge is 0.494 e. The number of aromatic hydroxyl groups is 1. The van der Waals surface area contributed by atoms with Gasteiger partial charge in [0.15, 0.2) is 5.88 Å². The molecule has 2 aromatic heterocycles. The summed E-state index contributed by atoms with van der Waals surface area (Å²) < 4.78 is 40.1. The van der Waals surface area contributed by atoms with Crippen LogP contribution in [0.2, 0.25) is 0 Å². The average molecular weight is 435 g/mol. The van der Waals surface area contributed by atoms with Crippen LogP contribution in [-0.4, -0.2) is 43.7 Å². The standard InChI is InChI=1S/C21H24F3N5O2/c1-5-16(27-14-9-25-29(10-14)11(2)3)18-15-8-13(6-7-17(15)28-20(18)31)19(30)26-12(4)21(22,23)24/h6-12,28,31H,5H2,1-4H3,(H,26,30)/t12-/m0/s1. The lowest BCUT2D eigenvalue weighted by Crippen LogP contribution is -2.43. The number of hydrogen-bond donors (Lipinski definition) is 3. The van der Waals surface area contributed by atoms with Gasteiger partial charge in [0.2, 0.25) is 0 Å². The number of alkyl halides is 3. The lowest BCUT2D eigenvalue weighted by Gasteiger charge is -2.17. The Bertz CT molecular complexity index is 1130. The zero-order valence-electron chi connectivity index (χ0n) is 17.6. The van der Waals surface area contributed by atoms with Gasteiger partial charge in [-0.05, 0) is 45.4 Å². The zero-order valence-corrected chi connectivity index (χ0v) is 17.6. The van der Waals surface area contributed by atoms with Crippen molar-refractivity contribution >= 4 is 28.2 Å². The zero-order chi connectivity index (χ0) is 22.9. The molecule has 10 heteroatoms. The van der Waals surface area contributed by atoms with Crippen molar-refractivity contribution in [3.05, 3.63) is 41.7 Å². The molecule has 0 aliphatic heterocycles. The fourth-order valence-electron chi connectivity index (χ4n) is 3.11. The van der Waals surface area contributed by atoms with Crippen LogP contribution in [-0.2, 0) is 0 Å². The molecule has 7 nitrogen and oxygen atoms in total. The third kappa shape index (κ3) is 4.73. The number of aromatic nitrogens is 3. The van der Waals surface area contributed by atoms with Gasteiger partial charge < -0.3 is 15.4 Å². The highest BCUT2D eigenvalue weighted by atomic mass is 19.4. The summed E-state index contributed by atoms with van der Waals surface area (Å²) in [6, 6.07) is 2.56. The molecule has 166 valence electrons. The van der Waals surface area contributed by atoms with Crippen LogP contribution < -0.4 is 5.32 Å². The van der Waals surface area contributed by atoms with Crippen LogP contribution in [0.5, 0.6) is 5.88 Å². The van der Waals surface area contributed by atoms with Crippen LogP contribution in [0.3, 0.4) is 0 Å². The predicted molar refractivity (Wildman–Crippen MR) is 112 cm³/mol. The van der Waals surface area contributed by atoms with Crippen molar-refractivity contribution < 1.29 is 23.1 Å². The van der Waals surface area contributed by atoms with Gasteiger partial charge in [0.25, 0.3) is 5.91 Å². The van der Waals surface area contributed by atoms with E-state index in [9.17, 15) is 23.1 Å². The van der Waals surface area contributed by atoms with Gasteiger partial charge in [-0.3, -0.25) is 9.48 Å². The maximum absolute atomic E-state index is 12.8. The first-order chi connectivity index (χ1) is 14.5. The number of nitrogens with zero attached hydrogens (tertiary/aromatic N) is 3. The maximum Gasteiger partial charge on any atom is 0.408 e. The number of carbonyl (C=O) groups is 1. The molecule has 1 aromatic carbocycles. The molecule has 1 amide bonds. The minimum absolute atomic E-state index is 0.0481. The number of aromatic amines is 1. The van der Waals surface area contributed by atoms with Crippen molar-refractivity contribution in [1.29, 1.82) is 0 Å². The first-order valence-electron chi connectivity index (χ1n) is 9.85. The van der Waals surface area contributed by atoms with Crippen LogP contribution in [0.4, 0.5) is 18.9 Å². The van der Waals surface area contributed by atoms with Crippen molar-refractivity contribution in [2.24, 2.45) is 4.99 Å². The van der Waals surface area contributed by atoms with E-state index in [1.807, 2.05) is 26.1 Å². The second kappa shape index (κ2) is 8.44. The summed E-state index contributed by atoms with van der Waals surface area (Å²) in [5, 5.41) is 17.2. The van der Waals surface area contributed by atoms with E-state index in [2.05, 4.69) is 15.1 Å². The lowest BCUT2D eigenvalue weighted by atomic mass is 10.0. The van der Waals surface area contributed by atoms with E-state index >= 15 is 0 Å². The van der Waals surface area contributed by atoms with E-state index in [0.717, 1.165) is 6.92 Å². The van der Waals surface area contributed by atoms with Gasteiger partial charge in [-0.2, -0.15) is 18.3 Å². The third-order valence-electron chi connectivity index (χ3n) is 4.88. The first kappa shape index (κ1) is 22.4. The summed E-state index contributed by atoms with van der Waals surface area (Å²) in [4.78, 5) is 19.8. The Hall–Kier alpha value is -3.30. The van der Waals surface area contributed by atoms with Crippen molar-refractivity contribution in [3.63, 3.8) is 0 Å². The fourth-order valence-corrected chi connectivity index (χ4v) is 3.11. The van der Waals surface area contributed by atoms with Crippen LogP contribution in [0.15, 0.2) is 35.6 Å². The molecular weight excluding hydrogens is 411 g/mol. The van der Waals surface area contributed by atoms with E-state index in [1.165, 1.54) is 18.2 Å². The monoisotopic (exact) mass is 435 g/mol. The molecule has 0 aliphatic rings. The van der Waals surface area contributed by atoms with Gasteiger partial charge in [-0.1, -0.05) is 6.92 Å². The Morgan fingerprint density at radius 1 is 1.32 bits per heavy atom. The van der Waals surface area contributed by atoms with E-state index in [-0.39, 0.29) is 17.5 Å². The topological polar surface area (TPSA) is 95.3 Å². The molecule has 0 fully saturated rings. The molecular formula is C21H24F3N5O2. The number of H-pyrrole nitrogens is 1.